The lowest BCUT2D eigenvalue weighted by molar-refractivity contribution is 0.355. The minimum Gasteiger partial charge on any atom is -0.294 e. The van der Waals surface area contributed by atoms with E-state index >= 15 is 0 Å². The quantitative estimate of drug-likeness (QED) is 0.854. The van der Waals surface area contributed by atoms with Crippen LogP contribution in [0.1, 0.15) is 12.8 Å². The number of sulfonamides is 1. The van der Waals surface area contributed by atoms with Crippen molar-refractivity contribution in [3.63, 3.8) is 0 Å². The summed E-state index contributed by atoms with van der Waals surface area (Å²) < 4.78 is 26.6. The fraction of sp³-hybridized carbons (Fsp3) is 0.462. The number of hydrogen-bond acceptors (Lipinski definition) is 4. The van der Waals surface area contributed by atoms with E-state index in [2.05, 4.69) is 15.5 Å². The Morgan fingerprint density at radius 2 is 2.00 bits per heavy atom. The maximum absolute atomic E-state index is 11.5. The van der Waals surface area contributed by atoms with Crippen LogP contribution in [0.3, 0.4) is 0 Å². The van der Waals surface area contributed by atoms with Crippen molar-refractivity contribution in [1.29, 1.82) is 0 Å². The van der Waals surface area contributed by atoms with E-state index in [1.807, 2.05) is 30.1 Å². The Labute approximate surface area is 135 Å². The number of pyridine rings is 1. The summed E-state index contributed by atoms with van der Waals surface area (Å²) in [6.07, 6.45) is 6.83. The Balaban J connectivity index is 0.00000161. The van der Waals surface area contributed by atoms with Gasteiger partial charge in [-0.2, -0.15) is 0 Å². The average Bonchev–Trinajstić information content (AvgIpc) is 2.88. The summed E-state index contributed by atoms with van der Waals surface area (Å²) in [4.78, 5) is 4.28. The number of rotatable bonds is 3. The van der Waals surface area contributed by atoms with Gasteiger partial charge in [-0.05, 0) is 25.0 Å². The zero-order chi connectivity index (χ0) is 14.2. The number of thioether (sulfide) groups is 1. The topological polar surface area (TPSA) is 54.7 Å². The zero-order valence-corrected chi connectivity index (χ0v) is 14.1. The third kappa shape index (κ3) is 3.71. The Morgan fingerprint density at radius 3 is 2.67 bits per heavy atom. The molecule has 21 heavy (non-hydrogen) atoms. The Morgan fingerprint density at radius 1 is 1.29 bits per heavy atom. The fourth-order valence-electron chi connectivity index (χ4n) is 2.47. The minimum atomic E-state index is -3.04. The first kappa shape index (κ1) is 16.6. The summed E-state index contributed by atoms with van der Waals surface area (Å²) in [7, 11) is -3.04. The first-order valence-electron chi connectivity index (χ1n) is 6.58. The van der Waals surface area contributed by atoms with Gasteiger partial charge in [-0.3, -0.25) is 4.40 Å². The van der Waals surface area contributed by atoms with Crippen LogP contribution in [-0.4, -0.2) is 46.7 Å². The van der Waals surface area contributed by atoms with Gasteiger partial charge < -0.3 is 0 Å². The molecule has 0 aromatic carbocycles. The largest absolute Gasteiger partial charge is 0.294 e. The number of hydrogen-bond donors (Lipinski definition) is 0. The smallest absolute Gasteiger partial charge is 0.211 e. The van der Waals surface area contributed by atoms with Gasteiger partial charge in [0.25, 0.3) is 0 Å². The highest BCUT2D eigenvalue weighted by Crippen LogP contribution is 2.31. The number of piperidine rings is 1. The van der Waals surface area contributed by atoms with Crippen LogP contribution >= 0.6 is 24.2 Å². The van der Waals surface area contributed by atoms with Crippen molar-refractivity contribution in [1.82, 2.24) is 13.7 Å². The predicted molar refractivity (Wildman–Crippen MR) is 87.7 cm³/mol. The van der Waals surface area contributed by atoms with Gasteiger partial charge in [0.05, 0.1) is 11.3 Å². The van der Waals surface area contributed by atoms with Crippen molar-refractivity contribution in [2.75, 3.05) is 19.3 Å². The Kier molecular flexibility index (Phi) is 5.19. The normalized spacial score (nSPS) is 17.8. The Bertz CT molecular complexity index is 709. The van der Waals surface area contributed by atoms with Crippen LogP contribution in [0.5, 0.6) is 0 Å². The molecule has 8 heteroatoms. The lowest BCUT2D eigenvalue weighted by atomic mass is 10.2. The molecule has 116 valence electrons. The van der Waals surface area contributed by atoms with E-state index in [1.165, 1.54) is 6.26 Å². The van der Waals surface area contributed by atoms with Crippen LogP contribution in [0, 0.1) is 0 Å². The molecule has 0 aliphatic carbocycles. The van der Waals surface area contributed by atoms with Crippen molar-refractivity contribution in [2.45, 2.75) is 23.1 Å². The highest BCUT2D eigenvalue weighted by atomic mass is 35.5. The van der Waals surface area contributed by atoms with Crippen LogP contribution in [0.15, 0.2) is 35.6 Å². The molecule has 1 saturated heterocycles. The third-order valence-corrected chi connectivity index (χ3v) is 6.23. The summed E-state index contributed by atoms with van der Waals surface area (Å²) in [6.45, 7) is 1.24. The monoisotopic (exact) mass is 347 g/mol. The molecule has 0 saturated carbocycles. The summed E-state index contributed by atoms with van der Waals surface area (Å²) in [6, 6.07) is 6.08. The molecular weight excluding hydrogens is 330 g/mol. The molecule has 0 amide bonds. The number of imidazole rings is 1. The second-order valence-electron chi connectivity index (χ2n) is 5.00. The molecule has 0 atom stereocenters. The number of nitrogens with zero attached hydrogens (tertiary/aromatic N) is 3. The van der Waals surface area contributed by atoms with E-state index in [9.17, 15) is 8.42 Å². The molecule has 5 nitrogen and oxygen atoms in total. The molecule has 1 aliphatic rings. The van der Waals surface area contributed by atoms with Crippen molar-refractivity contribution in [3.05, 3.63) is 30.6 Å². The molecule has 0 N–H and O–H groups in total. The van der Waals surface area contributed by atoms with Crippen LogP contribution in [0.4, 0.5) is 0 Å². The van der Waals surface area contributed by atoms with E-state index in [1.54, 1.807) is 10.5 Å². The standard InChI is InChI=1S/C13H17N3O2S2.ClH/c1-20(17,18)15-8-5-11(6-9-15)19-13-4-2-3-12-14-7-10-16(12)13;/h2-4,7,10-11H,5-6,8-9H2,1H3;1H. The van der Waals surface area contributed by atoms with E-state index in [4.69, 9.17) is 0 Å². The molecule has 0 unspecified atom stereocenters. The maximum Gasteiger partial charge on any atom is 0.211 e. The van der Waals surface area contributed by atoms with Crippen molar-refractivity contribution in [3.8, 4) is 0 Å². The van der Waals surface area contributed by atoms with E-state index in [0.29, 0.717) is 18.3 Å². The molecule has 1 aliphatic heterocycles. The molecule has 0 radical (unpaired) electrons. The molecule has 2 aromatic rings. The molecule has 0 spiro atoms. The van der Waals surface area contributed by atoms with Crippen molar-refractivity contribution >= 4 is 39.8 Å². The summed E-state index contributed by atoms with van der Waals surface area (Å²) >= 11 is 1.81. The summed E-state index contributed by atoms with van der Waals surface area (Å²) in [5.41, 5.74) is 0.948. The van der Waals surface area contributed by atoms with Gasteiger partial charge in [0, 0.05) is 30.7 Å². The molecular formula is C13H18ClN3O2S2. The van der Waals surface area contributed by atoms with E-state index in [0.717, 1.165) is 23.5 Å². The maximum atomic E-state index is 11.5. The minimum absolute atomic E-state index is 0. The van der Waals surface area contributed by atoms with Crippen molar-refractivity contribution in [2.24, 2.45) is 0 Å². The SMILES string of the molecule is CS(=O)(=O)N1CCC(Sc2cccc3nccn23)CC1.Cl. The summed E-state index contributed by atoms with van der Waals surface area (Å²) in [5.74, 6) is 0. The fourth-order valence-corrected chi connectivity index (χ4v) is 4.56. The van der Waals surface area contributed by atoms with E-state index < -0.39 is 10.0 Å². The van der Waals surface area contributed by atoms with Gasteiger partial charge in [-0.25, -0.2) is 17.7 Å². The average molecular weight is 348 g/mol. The zero-order valence-electron chi connectivity index (χ0n) is 11.7. The lowest BCUT2D eigenvalue weighted by Gasteiger charge is -2.29. The first-order chi connectivity index (χ1) is 9.54. The number of halogens is 1. The molecule has 3 heterocycles. The van der Waals surface area contributed by atoms with Gasteiger partial charge in [-0.15, -0.1) is 24.2 Å². The first-order valence-corrected chi connectivity index (χ1v) is 9.31. The van der Waals surface area contributed by atoms with Gasteiger partial charge in [-0.1, -0.05) is 6.07 Å². The highest BCUT2D eigenvalue weighted by molar-refractivity contribution is 7.99. The van der Waals surface area contributed by atoms with Crippen LogP contribution in [0.25, 0.3) is 5.65 Å². The van der Waals surface area contributed by atoms with Gasteiger partial charge >= 0.3 is 0 Å². The second kappa shape index (κ2) is 6.56. The predicted octanol–water partition coefficient (Wildman–Crippen LogP) is 2.27. The molecule has 2 aromatic heterocycles. The summed E-state index contributed by atoms with van der Waals surface area (Å²) in [5, 5.41) is 1.62. The molecule has 0 bridgehead atoms. The van der Waals surface area contributed by atoms with Gasteiger partial charge in [0.2, 0.25) is 10.0 Å². The van der Waals surface area contributed by atoms with Gasteiger partial charge in [0.15, 0.2) is 0 Å². The van der Waals surface area contributed by atoms with E-state index in [-0.39, 0.29) is 12.4 Å². The van der Waals surface area contributed by atoms with Crippen molar-refractivity contribution < 1.29 is 8.42 Å². The Hall–Kier alpha value is -0.760. The molecule has 3 rings (SSSR count). The van der Waals surface area contributed by atoms with Crippen LogP contribution in [-0.2, 0) is 10.0 Å². The van der Waals surface area contributed by atoms with Gasteiger partial charge in [0.1, 0.15) is 5.65 Å². The third-order valence-electron chi connectivity index (χ3n) is 3.55. The van der Waals surface area contributed by atoms with Crippen LogP contribution < -0.4 is 0 Å². The number of fused-ring (bicyclic) bond motifs is 1. The lowest BCUT2D eigenvalue weighted by Crippen LogP contribution is -2.38. The van der Waals surface area contributed by atoms with Crippen LogP contribution in [0.2, 0.25) is 0 Å². The highest BCUT2D eigenvalue weighted by Gasteiger charge is 2.25. The second-order valence-corrected chi connectivity index (χ2v) is 8.30. The molecule has 1 fully saturated rings. The number of aromatic nitrogens is 2.